The molecule has 10 heteroatoms. The van der Waals surface area contributed by atoms with Crippen LogP contribution in [-0.2, 0) is 14.2 Å². The lowest BCUT2D eigenvalue weighted by Crippen LogP contribution is -2.63. The summed E-state index contributed by atoms with van der Waals surface area (Å²) in [6.45, 7) is 0.846. The monoisotopic (exact) mass is 326 g/mol. The molecule has 0 aromatic heterocycles. The molecule has 130 valence electrons. The molecule has 10 nitrogen and oxygen atoms in total. The molecule has 0 spiro atoms. The molecule has 2 fully saturated rings. The van der Waals surface area contributed by atoms with Crippen LogP contribution in [0.25, 0.3) is 0 Å². The van der Waals surface area contributed by atoms with E-state index in [0.29, 0.717) is 0 Å². The van der Waals surface area contributed by atoms with E-state index in [1.807, 2.05) is 0 Å². The van der Waals surface area contributed by atoms with Gasteiger partial charge in [-0.15, -0.1) is 0 Å². The minimum absolute atomic E-state index is 0.620. The topological polar surface area (TPSA) is 169 Å². The van der Waals surface area contributed by atoms with E-state index in [0.717, 1.165) is 0 Å². The van der Waals surface area contributed by atoms with Gasteiger partial charge in [-0.25, -0.2) is 0 Å². The predicted octanol–water partition coefficient (Wildman–Crippen LogP) is -4.37. The Morgan fingerprint density at radius 2 is 1.45 bits per heavy atom. The fraction of sp³-hybridized carbons (Fsp3) is 1.00. The molecule has 2 saturated heterocycles. The van der Waals surface area contributed by atoms with Crippen molar-refractivity contribution in [3.8, 4) is 0 Å². The normalized spacial score (nSPS) is 53.5. The highest BCUT2D eigenvalue weighted by Crippen LogP contribution is 2.28. The van der Waals surface area contributed by atoms with E-state index in [2.05, 4.69) is 0 Å². The fourth-order valence-electron chi connectivity index (χ4n) is 2.54. The van der Waals surface area contributed by atoms with E-state index in [9.17, 15) is 30.6 Å². The maximum atomic E-state index is 9.92. The van der Waals surface area contributed by atoms with Crippen molar-refractivity contribution >= 4 is 0 Å². The van der Waals surface area contributed by atoms with Crippen LogP contribution in [0.5, 0.6) is 0 Å². The lowest BCUT2D eigenvalue weighted by molar-refractivity contribution is -0.351. The van der Waals surface area contributed by atoms with E-state index in [4.69, 9.17) is 19.3 Å². The Bertz CT molecular complexity index is 366. The van der Waals surface area contributed by atoms with Crippen molar-refractivity contribution in [2.45, 2.75) is 68.3 Å². The first kappa shape index (κ1) is 17.9. The van der Waals surface area contributed by atoms with E-state index in [-0.39, 0.29) is 0 Å². The number of aliphatic hydroxyl groups excluding tert-OH is 7. The van der Waals surface area contributed by atoms with Gasteiger partial charge in [-0.3, -0.25) is 0 Å². The van der Waals surface area contributed by atoms with Crippen LogP contribution in [0.4, 0.5) is 0 Å². The van der Waals surface area contributed by atoms with Crippen molar-refractivity contribution in [3.63, 3.8) is 0 Å². The molecule has 0 saturated carbocycles. The van der Waals surface area contributed by atoms with E-state index in [1.165, 1.54) is 6.92 Å². The van der Waals surface area contributed by atoms with E-state index < -0.39 is 68.0 Å². The molecule has 2 heterocycles. The highest BCUT2D eigenvalue weighted by Gasteiger charge is 2.49. The Morgan fingerprint density at radius 1 is 0.818 bits per heavy atom. The van der Waals surface area contributed by atoms with Crippen molar-refractivity contribution in [2.75, 3.05) is 6.61 Å². The number of hydrogen-bond acceptors (Lipinski definition) is 10. The van der Waals surface area contributed by atoms with Crippen molar-refractivity contribution in [3.05, 3.63) is 0 Å². The van der Waals surface area contributed by atoms with Crippen LogP contribution in [0.2, 0.25) is 0 Å². The second kappa shape index (κ2) is 7.01. The van der Waals surface area contributed by atoms with Gasteiger partial charge in [0.25, 0.3) is 0 Å². The average molecular weight is 326 g/mol. The zero-order valence-electron chi connectivity index (χ0n) is 11.8. The molecule has 0 radical (unpaired) electrons. The summed E-state index contributed by atoms with van der Waals surface area (Å²) < 4.78 is 15.5. The van der Waals surface area contributed by atoms with Crippen LogP contribution < -0.4 is 0 Å². The third-order valence-corrected chi connectivity index (χ3v) is 3.94. The molecule has 7 N–H and O–H groups in total. The zero-order chi connectivity index (χ0) is 16.6. The molecule has 2 aliphatic rings. The fourth-order valence-corrected chi connectivity index (χ4v) is 2.54. The minimum Gasteiger partial charge on any atom is -0.394 e. The Balaban J connectivity index is 2.08. The van der Waals surface area contributed by atoms with Crippen LogP contribution in [0.15, 0.2) is 0 Å². The molecule has 10 atom stereocenters. The van der Waals surface area contributed by atoms with E-state index >= 15 is 0 Å². The van der Waals surface area contributed by atoms with Crippen LogP contribution in [-0.4, -0.2) is 104 Å². The van der Waals surface area contributed by atoms with Gasteiger partial charge in [0.1, 0.15) is 42.7 Å². The molecule has 0 aromatic carbocycles. The molecule has 0 amide bonds. The molecule has 2 rings (SSSR count). The SMILES string of the molecule is C[C@@H]1OC(O)[C@H](O)[C@H](O)[C@H]1O[C@@H]1O[C@H](CO)[C@@H](O)[C@H](O)[C@@H]1O. The maximum Gasteiger partial charge on any atom is 0.187 e. The Labute approximate surface area is 126 Å². The summed E-state index contributed by atoms with van der Waals surface area (Å²) >= 11 is 0. The lowest BCUT2D eigenvalue weighted by atomic mass is 9.97. The summed E-state index contributed by atoms with van der Waals surface area (Å²) in [6.07, 6.45) is -14.2. The number of hydrogen-bond donors (Lipinski definition) is 7. The number of aliphatic hydroxyl groups is 7. The Morgan fingerprint density at radius 3 is 2.05 bits per heavy atom. The van der Waals surface area contributed by atoms with Crippen LogP contribution in [0, 0.1) is 0 Å². The van der Waals surface area contributed by atoms with Gasteiger partial charge >= 0.3 is 0 Å². The van der Waals surface area contributed by atoms with Crippen LogP contribution in [0.3, 0.4) is 0 Å². The molecule has 0 aromatic rings. The second-order valence-corrected chi connectivity index (χ2v) is 5.51. The van der Waals surface area contributed by atoms with Gasteiger partial charge in [-0.2, -0.15) is 0 Å². The molecule has 0 bridgehead atoms. The number of ether oxygens (including phenoxy) is 3. The molecule has 1 unspecified atom stereocenters. The maximum absolute atomic E-state index is 9.92. The Hall–Kier alpha value is -0.400. The van der Waals surface area contributed by atoms with Gasteiger partial charge in [-0.05, 0) is 6.92 Å². The van der Waals surface area contributed by atoms with Gasteiger partial charge in [-0.1, -0.05) is 0 Å². The quantitative estimate of drug-likeness (QED) is 0.269. The van der Waals surface area contributed by atoms with Gasteiger partial charge in [0.2, 0.25) is 0 Å². The molecule has 0 aliphatic carbocycles. The lowest BCUT2D eigenvalue weighted by Gasteiger charge is -2.44. The summed E-state index contributed by atoms with van der Waals surface area (Å²) in [5.41, 5.74) is 0. The number of rotatable bonds is 3. The van der Waals surface area contributed by atoms with Gasteiger partial charge in [0, 0.05) is 0 Å². The van der Waals surface area contributed by atoms with Crippen molar-refractivity contribution < 1.29 is 50.0 Å². The molecule has 2 aliphatic heterocycles. The molecule has 22 heavy (non-hydrogen) atoms. The first-order chi connectivity index (χ1) is 10.3. The van der Waals surface area contributed by atoms with Gasteiger partial charge in [0.15, 0.2) is 12.6 Å². The summed E-state index contributed by atoms with van der Waals surface area (Å²) in [7, 11) is 0. The van der Waals surface area contributed by atoms with Crippen LogP contribution in [0.1, 0.15) is 6.92 Å². The first-order valence-electron chi connectivity index (χ1n) is 6.93. The summed E-state index contributed by atoms with van der Waals surface area (Å²) in [6, 6.07) is 0. The highest BCUT2D eigenvalue weighted by atomic mass is 16.7. The van der Waals surface area contributed by atoms with Gasteiger partial charge in [0.05, 0.1) is 12.7 Å². The van der Waals surface area contributed by atoms with Crippen molar-refractivity contribution in [2.24, 2.45) is 0 Å². The smallest absolute Gasteiger partial charge is 0.187 e. The molecular weight excluding hydrogens is 304 g/mol. The molecular formula is C12H22O10. The third kappa shape index (κ3) is 3.26. The average Bonchev–Trinajstić information content (AvgIpc) is 2.49. The second-order valence-electron chi connectivity index (χ2n) is 5.51. The minimum atomic E-state index is -1.64. The Kier molecular flexibility index (Phi) is 5.72. The summed E-state index contributed by atoms with van der Waals surface area (Å²) in [4.78, 5) is 0. The predicted molar refractivity (Wildman–Crippen MR) is 67.2 cm³/mol. The van der Waals surface area contributed by atoms with E-state index in [1.54, 1.807) is 0 Å². The summed E-state index contributed by atoms with van der Waals surface area (Å²) in [5.74, 6) is 0. The standard InChI is InChI=1S/C12H22O10/c1-3-10(7(16)8(17)11(19)20-3)22-12-9(18)6(15)5(14)4(2-13)21-12/h3-19H,2H2,1H3/t3-,4+,5+,6-,7-,8+,9-,10-,11?,12-/m0/s1. The highest BCUT2D eigenvalue weighted by molar-refractivity contribution is 4.92. The summed E-state index contributed by atoms with van der Waals surface area (Å²) in [5, 5.41) is 67.2. The van der Waals surface area contributed by atoms with Crippen molar-refractivity contribution in [1.82, 2.24) is 0 Å². The zero-order valence-corrected chi connectivity index (χ0v) is 11.8. The third-order valence-electron chi connectivity index (χ3n) is 3.94. The van der Waals surface area contributed by atoms with Gasteiger partial charge < -0.3 is 50.0 Å². The van der Waals surface area contributed by atoms with Crippen molar-refractivity contribution in [1.29, 1.82) is 0 Å². The largest absolute Gasteiger partial charge is 0.394 e. The van der Waals surface area contributed by atoms with Crippen LogP contribution >= 0.6 is 0 Å². The first-order valence-corrected chi connectivity index (χ1v) is 6.93.